The SMILES string of the molecule is Cc1c(C=NNC(=O)[C@]2(C)CC2(Cl)Cl)cnn1C. The van der Waals surface area contributed by atoms with Gasteiger partial charge in [0.25, 0.3) is 0 Å². The molecule has 1 aliphatic carbocycles. The van der Waals surface area contributed by atoms with Gasteiger partial charge in [-0.2, -0.15) is 10.2 Å². The zero-order chi connectivity index (χ0) is 13.6. The summed E-state index contributed by atoms with van der Waals surface area (Å²) in [5.41, 5.74) is 3.51. The molecule has 1 aromatic heterocycles. The highest BCUT2D eigenvalue weighted by Gasteiger charge is 2.68. The van der Waals surface area contributed by atoms with E-state index in [1.807, 2.05) is 14.0 Å². The van der Waals surface area contributed by atoms with E-state index in [1.54, 1.807) is 24.0 Å². The molecular weight excluding hydrogens is 275 g/mol. The minimum Gasteiger partial charge on any atom is -0.272 e. The first-order chi connectivity index (χ1) is 8.28. The molecule has 1 heterocycles. The van der Waals surface area contributed by atoms with Gasteiger partial charge in [-0.25, -0.2) is 5.43 Å². The van der Waals surface area contributed by atoms with Crippen LogP contribution in [0.1, 0.15) is 24.6 Å². The summed E-state index contributed by atoms with van der Waals surface area (Å²) in [4.78, 5) is 11.8. The minimum atomic E-state index is -0.975. The molecule has 1 aromatic rings. The van der Waals surface area contributed by atoms with Crippen LogP contribution in [0.2, 0.25) is 0 Å². The number of hydrazone groups is 1. The van der Waals surface area contributed by atoms with Gasteiger partial charge in [0.1, 0.15) is 4.33 Å². The monoisotopic (exact) mass is 288 g/mol. The van der Waals surface area contributed by atoms with Crippen molar-refractivity contribution in [3.8, 4) is 0 Å². The van der Waals surface area contributed by atoms with E-state index in [4.69, 9.17) is 23.2 Å². The van der Waals surface area contributed by atoms with Crippen molar-refractivity contribution in [1.82, 2.24) is 15.2 Å². The molecule has 1 fully saturated rings. The summed E-state index contributed by atoms with van der Waals surface area (Å²) in [5.74, 6) is -0.273. The Morgan fingerprint density at radius 1 is 1.67 bits per heavy atom. The standard InChI is InChI=1S/C11H14Cl2N4O/c1-7-8(5-15-17(7)3)4-14-16-9(18)10(2)6-11(10,12)13/h4-5H,6H2,1-3H3,(H,16,18)/t10-/m0/s1. The van der Waals surface area contributed by atoms with E-state index in [9.17, 15) is 4.79 Å². The van der Waals surface area contributed by atoms with Gasteiger partial charge >= 0.3 is 0 Å². The number of hydrogen-bond donors (Lipinski definition) is 1. The third-order valence-electron chi connectivity index (χ3n) is 3.40. The van der Waals surface area contributed by atoms with Gasteiger partial charge in [0.05, 0.1) is 17.8 Å². The second-order valence-electron chi connectivity index (χ2n) is 4.72. The molecule has 1 aliphatic rings. The summed E-state index contributed by atoms with van der Waals surface area (Å²) in [6.07, 6.45) is 3.67. The van der Waals surface area contributed by atoms with Gasteiger partial charge in [-0.15, -0.1) is 23.2 Å². The zero-order valence-corrected chi connectivity index (χ0v) is 11.9. The third kappa shape index (κ3) is 2.12. The van der Waals surface area contributed by atoms with Crippen LogP contribution in [-0.2, 0) is 11.8 Å². The lowest BCUT2D eigenvalue weighted by Gasteiger charge is -2.08. The highest BCUT2D eigenvalue weighted by Crippen LogP contribution is 2.63. The molecule has 0 unspecified atom stereocenters. The molecule has 98 valence electrons. The lowest BCUT2D eigenvalue weighted by atomic mass is 10.1. The van der Waals surface area contributed by atoms with Crippen molar-refractivity contribution in [2.75, 3.05) is 0 Å². The quantitative estimate of drug-likeness (QED) is 0.523. The number of carbonyl (C=O) groups excluding carboxylic acids is 1. The van der Waals surface area contributed by atoms with Crippen LogP contribution in [0.4, 0.5) is 0 Å². The van der Waals surface area contributed by atoms with Crippen LogP contribution in [0.15, 0.2) is 11.3 Å². The minimum absolute atomic E-state index is 0.273. The molecule has 2 rings (SSSR count). The summed E-state index contributed by atoms with van der Waals surface area (Å²) in [6.45, 7) is 3.63. The number of halogens is 2. The molecule has 0 aromatic carbocycles. The Kier molecular flexibility index (Phi) is 3.15. The second kappa shape index (κ2) is 4.24. The van der Waals surface area contributed by atoms with Crippen molar-refractivity contribution in [2.45, 2.75) is 24.6 Å². The van der Waals surface area contributed by atoms with Crippen LogP contribution in [-0.4, -0.2) is 26.2 Å². The summed E-state index contributed by atoms with van der Waals surface area (Å²) in [6, 6.07) is 0. The molecule has 7 heteroatoms. The number of amides is 1. The van der Waals surface area contributed by atoms with Gasteiger partial charge in [-0.3, -0.25) is 9.48 Å². The Morgan fingerprint density at radius 3 is 2.72 bits per heavy atom. The van der Waals surface area contributed by atoms with Crippen LogP contribution in [0, 0.1) is 12.3 Å². The number of hydrogen-bond acceptors (Lipinski definition) is 3. The van der Waals surface area contributed by atoms with E-state index >= 15 is 0 Å². The summed E-state index contributed by atoms with van der Waals surface area (Å²) < 4.78 is 0.755. The van der Waals surface area contributed by atoms with E-state index in [0.717, 1.165) is 11.3 Å². The van der Waals surface area contributed by atoms with Crippen molar-refractivity contribution < 1.29 is 4.79 Å². The van der Waals surface area contributed by atoms with E-state index in [0.29, 0.717) is 6.42 Å². The van der Waals surface area contributed by atoms with Gasteiger partial charge in [0.2, 0.25) is 5.91 Å². The Hall–Kier alpha value is -1.07. The predicted molar refractivity (Wildman–Crippen MR) is 70.8 cm³/mol. The fourth-order valence-corrected chi connectivity index (χ4v) is 2.28. The second-order valence-corrected chi connectivity index (χ2v) is 6.21. The van der Waals surface area contributed by atoms with Crippen molar-refractivity contribution in [2.24, 2.45) is 17.6 Å². The fourth-order valence-electron chi connectivity index (χ4n) is 1.57. The lowest BCUT2D eigenvalue weighted by Crippen LogP contribution is -2.29. The molecule has 1 N–H and O–H groups in total. The summed E-state index contributed by atoms with van der Waals surface area (Å²) >= 11 is 11.8. The van der Waals surface area contributed by atoms with Gasteiger partial charge < -0.3 is 0 Å². The number of nitrogens with zero attached hydrogens (tertiary/aromatic N) is 3. The molecule has 1 saturated carbocycles. The molecule has 5 nitrogen and oxygen atoms in total. The smallest absolute Gasteiger partial charge is 0.249 e. The molecule has 0 spiro atoms. The van der Waals surface area contributed by atoms with Crippen LogP contribution >= 0.6 is 23.2 Å². The zero-order valence-electron chi connectivity index (χ0n) is 10.4. The Labute approximate surface area is 115 Å². The molecular formula is C11H14Cl2N4O. The topological polar surface area (TPSA) is 59.3 Å². The van der Waals surface area contributed by atoms with E-state index < -0.39 is 9.75 Å². The van der Waals surface area contributed by atoms with E-state index in [2.05, 4.69) is 15.6 Å². The molecule has 0 radical (unpaired) electrons. The van der Waals surface area contributed by atoms with E-state index in [1.165, 1.54) is 0 Å². The van der Waals surface area contributed by atoms with Crippen molar-refractivity contribution in [3.05, 3.63) is 17.5 Å². The van der Waals surface area contributed by atoms with Gasteiger partial charge in [-0.1, -0.05) is 0 Å². The van der Waals surface area contributed by atoms with Crippen LogP contribution < -0.4 is 5.43 Å². The number of carbonyl (C=O) groups is 1. The van der Waals surface area contributed by atoms with Crippen LogP contribution in [0.25, 0.3) is 0 Å². The average molecular weight is 289 g/mol. The lowest BCUT2D eigenvalue weighted by molar-refractivity contribution is -0.125. The maximum Gasteiger partial charge on any atom is 0.249 e. The Balaban J connectivity index is 1.97. The molecule has 1 atom stereocenters. The maximum absolute atomic E-state index is 11.8. The average Bonchev–Trinajstić information content (AvgIpc) is 2.66. The summed E-state index contributed by atoms with van der Waals surface area (Å²) in [5, 5.41) is 7.96. The number of alkyl halides is 2. The molecule has 0 aliphatic heterocycles. The van der Waals surface area contributed by atoms with Crippen LogP contribution in [0.3, 0.4) is 0 Å². The highest BCUT2D eigenvalue weighted by molar-refractivity contribution is 6.53. The first-order valence-electron chi connectivity index (χ1n) is 5.48. The molecule has 1 amide bonds. The van der Waals surface area contributed by atoms with Crippen molar-refractivity contribution in [3.63, 3.8) is 0 Å². The molecule has 0 bridgehead atoms. The first-order valence-corrected chi connectivity index (χ1v) is 6.23. The van der Waals surface area contributed by atoms with Crippen molar-refractivity contribution in [1.29, 1.82) is 0 Å². The van der Waals surface area contributed by atoms with Gasteiger partial charge in [0.15, 0.2) is 0 Å². The largest absolute Gasteiger partial charge is 0.272 e. The Morgan fingerprint density at radius 2 is 2.28 bits per heavy atom. The number of nitrogens with one attached hydrogen (secondary N) is 1. The number of rotatable bonds is 3. The van der Waals surface area contributed by atoms with E-state index in [-0.39, 0.29) is 5.91 Å². The normalized spacial score (nSPS) is 25.4. The van der Waals surface area contributed by atoms with Gasteiger partial charge in [-0.05, 0) is 20.3 Å². The summed E-state index contributed by atoms with van der Waals surface area (Å²) in [7, 11) is 1.84. The Bertz CT molecular complexity index is 523. The predicted octanol–water partition coefficient (Wildman–Crippen LogP) is 1.76. The highest BCUT2D eigenvalue weighted by atomic mass is 35.5. The third-order valence-corrected chi connectivity index (χ3v) is 4.50. The number of aromatic nitrogens is 2. The number of aryl methyl sites for hydroxylation is 1. The van der Waals surface area contributed by atoms with Crippen molar-refractivity contribution >= 4 is 35.3 Å². The first kappa shape index (κ1) is 13.4. The van der Waals surface area contributed by atoms with Gasteiger partial charge in [0, 0.05) is 18.3 Å². The van der Waals surface area contributed by atoms with Crippen LogP contribution in [0.5, 0.6) is 0 Å². The maximum atomic E-state index is 11.8. The fraction of sp³-hybridized carbons (Fsp3) is 0.545. The molecule has 0 saturated heterocycles. The molecule has 18 heavy (non-hydrogen) atoms.